The van der Waals surface area contributed by atoms with Crippen molar-refractivity contribution in [1.29, 1.82) is 0 Å². The van der Waals surface area contributed by atoms with E-state index < -0.39 is 0 Å². The number of rotatable bonds is 4. The SMILES string of the molecule is COc1cccc(/C=C2/C(=O)N(c3ccccc3)N=C2c2ccccc2)c1. The Balaban J connectivity index is 1.82. The average molecular weight is 354 g/mol. The maximum Gasteiger partial charge on any atom is 0.281 e. The van der Waals surface area contributed by atoms with E-state index in [1.807, 2.05) is 91.0 Å². The third kappa shape index (κ3) is 3.37. The topological polar surface area (TPSA) is 41.9 Å². The van der Waals surface area contributed by atoms with Gasteiger partial charge in [0.05, 0.1) is 18.4 Å². The quantitative estimate of drug-likeness (QED) is 0.646. The summed E-state index contributed by atoms with van der Waals surface area (Å²) in [4.78, 5) is 13.2. The number of methoxy groups -OCH3 is 1. The maximum atomic E-state index is 13.2. The lowest BCUT2D eigenvalue weighted by atomic mass is 10.00. The normalized spacial score (nSPS) is 15.1. The van der Waals surface area contributed by atoms with Crippen molar-refractivity contribution in [2.24, 2.45) is 5.10 Å². The number of carbonyl (C=O) groups is 1. The number of para-hydroxylation sites is 1. The molecule has 0 radical (unpaired) electrons. The molecule has 27 heavy (non-hydrogen) atoms. The van der Waals surface area contributed by atoms with Crippen LogP contribution in [0.1, 0.15) is 11.1 Å². The van der Waals surface area contributed by atoms with Gasteiger partial charge in [-0.15, -0.1) is 0 Å². The van der Waals surface area contributed by atoms with E-state index in [0.717, 1.165) is 22.6 Å². The third-order valence-corrected chi connectivity index (χ3v) is 4.33. The number of hydrazone groups is 1. The van der Waals surface area contributed by atoms with E-state index in [2.05, 4.69) is 5.10 Å². The molecule has 0 atom stereocenters. The van der Waals surface area contributed by atoms with Crippen LogP contribution in [0, 0.1) is 0 Å². The molecule has 132 valence electrons. The lowest BCUT2D eigenvalue weighted by Crippen LogP contribution is -2.21. The zero-order valence-electron chi connectivity index (χ0n) is 14.9. The van der Waals surface area contributed by atoms with Crippen molar-refractivity contribution in [1.82, 2.24) is 0 Å². The minimum Gasteiger partial charge on any atom is -0.497 e. The minimum absolute atomic E-state index is 0.150. The van der Waals surface area contributed by atoms with Crippen molar-refractivity contribution in [3.8, 4) is 5.75 Å². The first-order chi connectivity index (χ1) is 13.3. The number of hydrogen-bond acceptors (Lipinski definition) is 3. The molecule has 0 unspecified atom stereocenters. The van der Waals surface area contributed by atoms with Gasteiger partial charge in [0.25, 0.3) is 5.91 Å². The Morgan fingerprint density at radius 1 is 0.889 bits per heavy atom. The molecule has 0 N–H and O–H groups in total. The van der Waals surface area contributed by atoms with Gasteiger partial charge in [0.1, 0.15) is 11.5 Å². The molecule has 0 aromatic heterocycles. The molecule has 4 nitrogen and oxygen atoms in total. The van der Waals surface area contributed by atoms with E-state index in [4.69, 9.17) is 4.74 Å². The van der Waals surface area contributed by atoms with Gasteiger partial charge in [0.15, 0.2) is 0 Å². The van der Waals surface area contributed by atoms with Crippen molar-refractivity contribution in [2.75, 3.05) is 12.1 Å². The molecule has 1 aliphatic heterocycles. The number of nitrogens with zero attached hydrogens (tertiary/aromatic N) is 2. The first-order valence-corrected chi connectivity index (χ1v) is 8.66. The number of anilines is 1. The van der Waals surface area contributed by atoms with Gasteiger partial charge in [-0.25, -0.2) is 0 Å². The standard InChI is InChI=1S/C23H18N2O2/c1-27-20-14-8-9-17(15-20)16-21-22(18-10-4-2-5-11-18)24-25(23(21)26)19-12-6-3-7-13-19/h2-16H,1H3/b21-16+. The first-order valence-electron chi connectivity index (χ1n) is 8.66. The smallest absolute Gasteiger partial charge is 0.281 e. The zero-order valence-corrected chi connectivity index (χ0v) is 14.9. The fourth-order valence-corrected chi connectivity index (χ4v) is 3.00. The van der Waals surface area contributed by atoms with Crippen LogP contribution in [0.25, 0.3) is 6.08 Å². The maximum absolute atomic E-state index is 13.2. The summed E-state index contributed by atoms with van der Waals surface area (Å²) in [6.07, 6.45) is 1.86. The highest BCUT2D eigenvalue weighted by Gasteiger charge is 2.31. The molecule has 4 heteroatoms. The van der Waals surface area contributed by atoms with Crippen LogP contribution >= 0.6 is 0 Å². The summed E-state index contributed by atoms with van der Waals surface area (Å²) < 4.78 is 5.29. The summed E-state index contributed by atoms with van der Waals surface area (Å²) in [5.41, 5.74) is 3.74. The fraction of sp³-hybridized carbons (Fsp3) is 0.0435. The first kappa shape index (κ1) is 16.8. The van der Waals surface area contributed by atoms with E-state index in [1.165, 1.54) is 5.01 Å². The summed E-state index contributed by atoms with van der Waals surface area (Å²) in [5, 5.41) is 6.08. The Morgan fingerprint density at radius 2 is 1.59 bits per heavy atom. The second-order valence-electron chi connectivity index (χ2n) is 6.10. The fourth-order valence-electron chi connectivity index (χ4n) is 3.00. The molecule has 0 aliphatic carbocycles. The van der Waals surface area contributed by atoms with Crippen molar-refractivity contribution in [3.63, 3.8) is 0 Å². The molecule has 0 fully saturated rings. The molecule has 0 saturated heterocycles. The van der Waals surface area contributed by atoms with Gasteiger partial charge < -0.3 is 4.74 Å². The van der Waals surface area contributed by atoms with Crippen molar-refractivity contribution < 1.29 is 9.53 Å². The predicted octanol–water partition coefficient (Wildman–Crippen LogP) is 4.53. The van der Waals surface area contributed by atoms with Crippen LogP contribution in [0.3, 0.4) is 0 Å². The van der Waals surface area contributed by atoms with E-state index in [0.29, 0.717) is 11.3 Å². The van der Waals surface area contributed by atoms with Gasteiger partial charge in [-0.05, 0) is 35.9 Å². The number of carbonyl (C=O) groups excluding carboxylic acids is 1. The Bertz CT molecular complexity index is 1020. The zero-order chi connectivity index (χ0) is 18.6. The molecule has 1 aliphatic rings. The number of amides is 1. The largest absolute Gasteiger partial charge is 0.497 e. The van der Waals surface area contributed by atoms with Crippen LogP contribution in [0.2, 0.25) is 0 Å². The van der Waals surface area contributed by atoms with E-state index in [-0.39, 0.29) is 5.91 Å². The molecule has 0 bridgehead atoms. The summed E-state index contributed by atoms with van der Waals surface area (Å²) in [6, 6.07) is 26.8. The van der Waals surface area contributed by atoms with E-state index >= 15 is 0 Å². The van der Waals surface area contributed by atoms with Crippen LogP contribution in [-0.4, -0.2) is 18.7 Å². The summed E-state index contributed by atoms with van der Waals surface area (Å²) >= 11 is 0. The average Bonchev–Trinajstić information content (AvgIpc) is 3.06. The van der Waals surface area contributed by atoms with E-state index in [9.17, 15) is 4.79 Å². The lowest BCUT2D eigenvalue weighted by Gasteiger charge is -2.10. The molecular formula is C23H18N2O2. The van der Waals surface area contributed by atoms with Gasteiger partial charge in [0, 0.05) is 5.56 Å². The molecule has 1 amide bonds. The predicted molar refractivity (Wildman–Crippen MR) is 108 cm³/mol. The summed E-state index contributed by atoms with van der Waals surface area (Å²) in [6.45, 7) is 0. The van der Waals surface area contributed by atoms with Gasteiger partial charge in [-0.1, -0.05) is 60.7 Å². The van der Waals surface area contributed by atoms with Crippen LogP contribution in [-0.2, 0) is 4.79 Å². The van der Waals surface area contributed by atoms with Crippen LogP contribution < -0.4 is 9.75 Å². The summed E-state index contributed by atoms with van der Waals surface area (Å²) in [7, 11) is 1.63. The molecule has 0 saturated carbocycles. The van der Waals surface area contributed by atoms with Crippen molar-refractivity contribution in [2.45, 2.75) is 0 Å². The van der Waals surface area contributed by atoms with Crippen molar-refractivity contribution in [3.05, 3.63) is 102 Å². The molecule has 4 rings (SSSR count). The van der Waals surface area contributed by atoms with Gasteiger partial charge in [0.2, 0.25) is 0 Å². The third-order valence-electron chi connectivity index (χ3n) is 4.33. The monoisotopic (exact) mass is 354 g/mol. The highest BCUT2D eigenvalue weighted by Crippen LogP contribution is 2.28. The lowest BCUT2D eigenvalue weighted by molar-refractivity contribution is -0.114. The number of ether oxygens (including phenoxy) is 1. The minimum atomic E-state index is -0.150. The van der Waals surface area contributed by atoms with E-state index in [1.54, 1.807) is 7.11 Å². The van der Waals surface area contributed by atoms with Crippen LogP contribution in [0.5, 0.6) is 5.75 Å². The molecular weight excluding hydrogens is 336 g/mol. The Hall–Kier alpha value is -3.66. The van der Waals surface area contributed by atoms with Gasteiger partial charge in [-0.3, -0.25) is 4.79 Å². The Labute approximate surface area is 158 Å². The molecule has 3 aromatic rings. The van der Waals surface area contributed by atoms with Crippen LogP contribution in [0.4, 0.5) is 5.69 Å². The number of hydrogen-bond donors (Lipinski definition) is 0. The van der Waals surface area contributed by atoms with Gasteiger partial charge >= 0.3 is 0 Å². The Morgan fingerprint density at radius 3 is 2.30 bits per heavy atom. The second-order valence-corrected chi connectivity index (χ2v) is 6.10. The molecule has 3 aromatic carbocycles. The molecule has 0 spiro atoms. The van der Waals surface area contributed by atoms with Gasteiger partial charge in [-0.2, -0.15) is 10.1 Å². The van der Waals surface area contributed by atoms with Crippen LogP contribution in [0.15, 0.2) is 95.6 Å². The number of benzene rings is 3. The highest BCUT2D eigenvalue weighted by molar-refractivity contribution is 6.37. The van der Waals surface area contributed by atoms with Crippen molar-refractivity contribution >= 4 is 23.4 Å². The second kappa shape index (κ2) is 7.30. The summed E-state index contributed by atoms with van der Waals surface area (Å²) in [5.74, 6) is 0.593. The Kier molecular flexibility index (Phi) is 4.54. The molecule has 1 heterocycles. The highest BCUT2D eigenvalue weighted by atomic mass is 16.5.